The first-order valence-electron chi connectivity index (χ1n) is 5.81. The van der Waals surface area contributed by atoms with Crippen LogP contribution in [0.1, 0.15) is 31.6 Å². The Labute approximate surface area is 111 Å². The smallest absolute Gasteiger partial charge is 0.296 e. The minimum absolute atomic E-state index is 0.133. The molecule has 1 aromatic rings. The molecule has 1 saturated carbocycles. The second kappa shape index (κ2) is 5.14. The van der Waals surface area contributed by atoms with Crippen LogP contribution in [-0.2, 0) is 20.2 Å². The van der Waals surface area contributed by atoms with E-state index in [2.05, 4.69) is 10.2 Å². The van der Waals surface area contributed by atoms with E-state index < -0.39 is 9.05 Å². The van der Waals surface area contributed by atoms with Crippen LogP contribution in [0, 0.1) is 5.92 Å². The summed E-state index contributed by atoms with van der Waals surface area (Å²) in [4.78, 5) is 0. The van der Waals surface area contributed by atoms with Crippen molar-refractivity contribution in [1.29, 1.82) is 0 Å². The number of rotatable bonds is 6. The molecule has 0 amide bonds. The Morgan fingerprint density at radius 1 is 1.50 bits per heavy atom. The van der Waals surface area contributed by atoms with Crippen LogP contribution in [-0.4, -0.2) is 36.9 Å². The van der Waals surface area contributed by atoms with Crippen molar-refractivity contribution in [3.63, 3.8) is 0 Å². The molecule has 0 radical (unpaired) electrons. The molecule has 0 saturated heterocycles. The van der Waals surface area contributed by atoms with Gasteiger partial charge in [-0.3, -0.25) is 4.57 Å². The van der Waals surface area contributed by atoms with Gasteiger partial charge in [0.15, 0.2) is 0 Å². The standard InChI is InChI=1S/C10H16ClN3O3S/c1-7(6-17-2)5-9-12-13-10(18(11,15)16)14(9)8-3-4-8/h7-8H,3-6H2,1-2H3. The molecule has 1 fully saturated rings. The maximum Gasteiger partial charge on any atom is 0.296 e. The van der Waals surface area contributed by atoms with Gasteiger partial charge in [0, 0.05) is 36.9 Å². The average molecular weight is 294 g/mol. The molecule has 102 valence electrons. The molecule has 0 spiro atoms. The first-order chi connectivity index (χ1) is 8.43. The lowest BCUT2D eigenvalue weighted by molar-refractivity contribution is 0.158. The lowest BCUT2D eigenvalue weighted by Gasteiger charge is -2.11. The summed E-state index contributed by atoms with van der Waals surface area (Å²) in [6, 6.07) is 0.174. The molecule has 1 unspecified atom stereocenters. The van der Waals surface area contributed by atoms with Gasteiger partial charge in [-0.1, -0.05) is 6.92 Å². The average Bonchev–Trinajstić information content (AvgIpc) is 2.99. The predicted octanol–water partition coefficient (Wildman–Crippen LogP) is 1.37. The van der Waals surface area contributed by atoms with Crippen molar-refractivity contribution in [2.24, 2.45) is 5.92 Å². The Bertz CT molecular complexity index is 524. The first kappa shape index (κ1) is 13.8. The second-order valence-corrected chi connectivity index (χ2v) is 7.16. The van der Waals surface area contributed by atoms with Crippen LogP contribution in [0.15, 0.2) is 5.16 Å². The third-order valence-electron chi connectivity index (χ3n) is 2.85. The molecule has 1 atom stereocenters. The highest BCUT2D eigenvalue weighted by molar-refractivity contribution is 8.13. The van der Waals surface area contributed by atoms with Crippen LogP contribution in [0.2, 0.25) is 0 Å². The van der Waals surface area contributed by atoms with Crippen LogP contribution in [0.5, 0.6) is 0 Å². The fourth-order valence-corrected chi connectivity index (χ4v) is 2.91. The molecular weight excluding hydrogens is 278 g/mol. The van der Waals surface area contributed by atoms with Crippen LogP contribution in [0.4, 0.5) is 0 Å². The highest BCUT2D eigenvalue weighted by atomic mass is 35.7. The monoisotopic (exact) mass is 293 g/mol. The fourth-order valence-electron chi connectivity index (χ4n) is 1.97. The Kier molecular flexibility index (Phi) is 3.93. The summed E-state index contributed by atoms with van der Waals surface area (Å²) in [6.07, 6.45) is 2.52. The van der Waals surface area contributed by atoms with Crippen molar-refractivity contribution in [3.05, 3.63) is 5.82 Å². The van der Waals surface area contributed by atoms with Gasteiger partial charge < -0.3 is 4.74 Å². The van der Waals surface area contributed by atoms with E-state index in [0.29, 0.717) is 18.9 Å². The third-order valence-corrected chi connectivity index (χ3v) is 3.98. The van der Waals surface area contributed by atoms with Gasteiger partial charge in [0.1, 0.15) is 5.82 Å². The summed E-state index contributed by atoms with van der Waals surface area (Å²) in [5.74, 6) is 0.920. The summed E-state index contributed by atoms with van der Waals surface area (Å²) in [5.41, 5.74) is 0. The number of hydrogen-bond acceptors (Lipinski definition) is 5. The topological polar surface area (TPSA) is 74.1 Å². The molecular formula is C10H16ClN3O3S. The SMILES string of the molecule is COCC(C)Cc1nnc(S(=O)(=O)Cl)n1C1CC1. The van der Waals surface area contributed by atoms with Crippen molar-refractivity contribution in [2.45, 2.75) is 37.4 Å². The summed E-state index contributed by atoms with van der Waals surface area (Å²) >= 11 is 0. The number of nitrogens with zero attached hydrogens (tertiary/aromatic N) is 3. The molecule has 1 aromatic heterocycles. The van der Waals surface area contributed by atoms with E-state index in [-0.39, 0.29) is 17.1 Å². The zero-order valence-corrected chi connectivity index (χ0v) is 11.9. The van der Waals surface area contributed by atoms with Crippen LogP contribution < -0.4 is 0 Å². The Morgan fingerprint density at radius 3 is 2.67 bits per heavy atom. The van der Waals surface area contributed by atoms with E-state index in [0.717, 1.165) is 12.8 Å². The van der Waals surface area contributed by atoms with Crippen molar-refractivity contribution in [3.8, 4) is 0 Å². The van der Waals surface area contributed by atoms with Gasteiger partial charge in [0.25, 0.3) is 14.2 Å². The lowest BCUT2D eigenvalue weighted by atomic mass is 10.1. The van der Waals surface area contributed by atoms with E-state index in [1.165, 1.54) is 0 Å². The van der Waals surface area contributed by atoms with Crippen molar-refractivity contribution in [2.75, 3.05) is 13.7 Å². The maximum atomic E-state index is 11.4. The summed E-state index contributed by atoms with van der Waals surface area (Å²) < 4.78 is 29.6. The molecule has 1 aliphatic rings. The van der Waals surface area contributed by atoms with Crippen molar-refractivity contribution >= 4 is 19.7 Å². The number of hydrogen-bond donors (Lipinski definition) is 0. The Hall–Kier alpha value is -0.660. The quantitative estimate of drug-likeness (QED) is 0.741. The fraction of sp³-hybridized carbons (Fsp3) is 0.800. The van der Waals surface area contributed by atoms with Crippen LogP contribution in [0.25, 0.3) is 0 Å². The summed E-state index contributed by atoms with van der Waals surface area (Å²) in [7, 11) is 3.17. The van der Waals surface area contributed by atoms with E-state index in [1.54, 1.807) is 11.7 Å². The van der Waals surface area contributed by atoms with Crippen molar-refractivity contribution < 1.29 is 13.2 Å². The van der Waals surface area contributed by atoms with Gasteiger partial charge in [-0.05, 0) is 18.8 Å². The molecule has 0 aliphatic heterocycles. The molecule has 8 heteroatoms. The van der Waals surface area contributed by atoms with Gasteiger partial charge >= 0.3 is 0 Å². The highest BCUT2D eigenvalue weighted by Gasteiger charge is 2.33. The minimum atomic E-state index is -3.84. The minimum Gasteiger partial charge on any atom is -0.384 e. The number of aromatic nitrogens is 3. The largest absolute Gasteiger partial charge is 0.384 e. The van der Waals surface area contributed by atoms with E-state index in [1.807, 2.05) is 6.92 Å². The first-order valence-corrected chi connectivity index (χ1v) is 8.11. The van der Waals surface area contributed by atoms with Crippen LogP contribution >= 0.6 is 10.7 Å². The number of halogens is 1. The van der Waals surface area contributed by atoms with Gasteiger partial charge in [0.2, 0.25) is 0 Å². The van der Waals surface area contributed by atoms with E-state index in [4.69, 9.17) is 15.4 Å². The Balaban J connectivity index is 2.28. The van der Waals surface area contributed by atoms with Gasteiger partial charge in [-0.2, -0.15) is 0 Å². The van der Waals surface area contributed by atoms with Gasteiger partial charge in [-0.15, -0.1) is 10.2 Å². The van der Waals surface area contributed by atoms with Crippen molar-refractivity contribution in [1.82, 2.24) is 14.8 Å². The Morgan fingerprint density at radius 2 is 2.17 bits per heavy atom. The normalized spacial score (nSPS) is 17.9. The summed E-state index contributed by atoms with van der Waals surface area (Å²) in [6.45, 7) is 2.62. The third kappa shape index (κ3) is 3.02. The molecule has 6 nitrogen and oxygen atoms in total. The number of ether oxygens (including phenoxy) is 1. The molecule has 1 aliphatic carbocycles. The molecule has 0 N–H and O–H groups in total. The molecule has 18 heavy (non-hydrogen) atoms. The maximum absolute atomic E-state index is 11.4. The molecule has 1 heterocycles. The van der Waals surface area contributed by atoms with E-state index in [9.17, 15) is 8.42 Å². The molecule has 0 bridgehead atoms. The zero-order chi connectivity index (χ0) is 13.3. The van der Waals surface area contributed by atoms with E-state index >= 15 is 0 Å². The van der Waals surface area contributed by atoms with Crippen LogP contribution in [0.3, 0.4) is 0 Å². The zero-order valence-electron chi connectivity index (χ0n) is 10.3. The molecule has 2 rings (SSSR count). The lowest BCUT2D eigenvalue weighted by Crippen LogP contribution is -2.13. The van der Waals surface area contributed by atoms with Gasteiger partial charge in [0.05, 0.1) is 0 Å². The summed E-state index contributed by atoms with van der Waals surface area (Å²) in [5, 5.41) is 7.54. The second-order valence-electron chi connectivity index (χ2n) is 4.70. The highest BCUT2D eigenvalue weighted by Crippen LogP contribution is 2.38. The van der Waals surface area contributed by atoms with Gasteiger partial charge in [-0.25, -0.2) is 8.42 Å². The predicted molar refractivity (Wildman–Crippen MR) is 66.1 cm³/mol. The number of methoxy groups -OCH3 is 1. The molecule has 0 aromatic carbocycles.